The largest absolute Gasteiger partial charge is 0.271 e. The Balaban J connectivity index is 1.90. The Hall–Kier alpha value is -0.0800. The topological polar surface area (TPSA) is 38.0 Å². The second-order valence-corrected chi connectivity index (χ2v) is 4.48. The lowest BCUT2D eigenvalue weighted by Gasteiger charge is -2.39. The number of nitrogens with one attached hydrogen (secondary N) is 1. The Bertz CT molecular complexity index is 147. The second kappa shape index (κ2) is 3.75. The minimum Gasteiger partial charge on any atom is -0.271 e. The average molecular weight is 168 g/mol. The first kappa shape index (κ1) is 8.52. The van der Waals surface area contributed by atoms with E-state index in [2.05, 4.69) is 5.43 Å². The molecule has 2 aliphatic rings. The van der Waals surface area contributed by atoms with Gasteiger partial charge in [0.2, 0.25) is 0 Å². The van der Waals surface area contributed by atoms with Gasteiger partial charge in [-0.1, -0.05) is 25.7 Å². The van der Waals surface area contributed by atoms with Crippen molar-refractivity contribution >= 4 is 0 Å². The lowest BCUT2D eigenvalue weighted by Crippen LogP contribution is -2.42. The Morgan fingerprint density at radius 1 is 0.917 bits per heavy atom. The van der Waals surface area contributed by atoms with Crippen LogP contribution in [0.4, 0.5) is 0 Å². The van der Waals surface area contributed by atoms with Crippen molar-refractivity contribution in [2.24, 2.45) is 17.7 Å². The lowest BCUT2D eigenvalue weighted by atomic mass is 9.69. The van der Waals surface area contributed by atoms with E-state index in [4.69, 9.17) is 5.84 Å². The van der Waals surface area contributed by atoms with Crippen molar-refractivity contribution in [2.45, 2.75) is 51.0 Å². The van der Waals surface area contributed by atoms with Crippen LogP contribution in [-0.4, -0.2) is 6.04 Å². The van der Waals surface area contributed by atoms with Crippen molar-refractivity contribution in [3.05, 3.63) is 0 Å². The number of hydrazine groups is 1. The molecule has 0 radical (unpaired) electrons. The van der Waals surface area contributed by atoms with Crippen molar-refractivity contribution in [1.82, 2.24) is 5.43 Å². The molecule has 12 heavy (non-hydrogen) atoms. The molecule has 2 fully saturated rings. The predicted octanol–water partition coefficient (Wildman–Crippen LogP) is 1.81. The maximum Gasteiger partial charge on any atom is 0.0213 e. The Morgan fingerprint density at radius 3 is 2.42 bits per heavy atom. The van der Waals surface area contributed by atoms with Gasteiger partial charge in [0, 0.05) is 6.04 Å². The first-order valence-corrected chi connectivity index (χ1v) is 5.36. The van der Waals surface area contributed by atoms with E-state index in [1.54, 1.807) is 0 Å². The van der Waals surface area contributed by atoms with Gasteiger partial charge in [-0.2, -0.15) is 0 Å². The SMILES string of the molecule is NN[C@@H]1CC[C@@H]2CCCC[C@@H]2C1. The molecule has 0 heterocycles. The molecule has 2 heteroatoms. The van der Waals surface area contributed by atoms with E-state index in [1.165, 1.54) is 44.9 Å². The average Bonchev–Trinajstić information content (AvgIpc) is 2.17. The van der Waals surface area contributed by atoms with Crippen LogP contribution in [-0.2, 0) is 0 Å². The van der Waals surface area contributed by atoms with Gasteiger partial charge in [0.15, 0.2) is 0 Å². The van der Waals surface area contributed by atoms with Crippen LogP contribution in [0, 0.1) is 11.8 Å². The summed E-state index contributed by atoms with van der Waals surface area (Å²) in [7, 11) is 0. The predicted molar refractivity (Wildman–Crippen MR) is 50.4 cm³/mol. The zero-order chi connectivity index (χ0) is 8.39. The molecule has 2 aliphatic carbocycles. The maximum absolute atomic E-state index is 5.48. The van der Waals surface area contributed by atoms with Gasteiger partial charge in [-0.3, -0.25) is 11.3 Å². The molecule has 2 saturated carbocycles. The maximum atomic E-state index is 5.48. The van der Waals surface area contributed by atoms with Crippen molar-refractivity contribution in [2.75, 3.05) is 0 Å². The molecule has 0 amide bonds. The normalized spacial score (nSPS) is 42.2. The van der Waals surface area contributed by atoms with Crippen LogP contribution in [0.1, 0.15) is 44.9 Å². The van der Waals surface area contributed by atoms with Crippen LogP contribution in [0.5, 0.6) is 0 Å². The summed E-state index contributed by atoms with van der Waals surface area (Å²) in [6, 6.07) is 0.615. The summed E-state index contributed by atoms with van der Waals surface area (Å²) in [5, 5.41) is 0. The van der Waals surface area contributed by atoms with Crippen LogP contribution in [0.15, 0.2) is 0 Å². The molecule has 0 bridgehead atoms. The van der Waals surface area contributed by atoms with Crippen LogP contribution in [0.25, 0.3) is 0 Å². The van der Waals surface area contributed by atoms with Gasteiger partial charge < -0.3 is 0 Å². The number of fused-ring (bicyclic) bond motifs is 1. The summed E-state index contributed by atoms with van der Waals surface area (Å²) in [6.45, 7) is 0. The smallest absolute Gasteiger partial charge is 0.0213 e. The van der Waals surface area contributed by atoms with Crippen molar-refractivity contribution in [3.63, 3.8) is 0 Å². The molecule has 0 aromatic carbocycles. The highest BCUT2D eigenvalue weighted by Crippen LogP contribution is 2.40. The van der Waals surface area contributed by atoms with Crippen LogP contribution < -0.4 is 11.3 Å². The van der Waals surface area contributed by atoms with Gasteiger partial charge in [0.1, 0.15) is 0 Å². The summed E-state index contributed by atoms with van der Waals surface area (Å²) in [4.78, 5) is 0. The van der Waals surface area contributed by atoms with Gasteiger partial charge in [0.25, 0.3) is 0 Å². The second-order valence-electron chi connectivity index (χ2n) is 4.48. The van der Waals surface area contributed by atoms with Gasteiger partial charge in [-0.15, -0.1) is 0 Å². The molecule has 2 nitrogen and oxygen atoms in total. The van der Waals surface area contributed by atoms with Crippen LogP contribution in [0.2, 0.25) is 0 Å². The highest BCUT2D eigenvalue weighted by atomic mass is 15.2. The molecule has 0 aromatic heterocycles. The summed E-state index contributed by atoms with van der Waals surface area (Å²) >= 11 is 0. The molecule has 0 unspecified atom stereocenters. The zero-order valence-corrected chi connectivity index (χ0v) is 7.76. The van der Waals surface area contributed by atoms with E-state index >= 15 is 0 Å². The molecule has 3 atom stereocenters. The fraction of sp³-hybridized carbons (Fsp3) is 1.00. The fourth-order valence-corrected chi connectivity index (χ4v) is 3.02. The summed E-state index contributed by atoms with van der Waals surface area (Å²) < 4.78 is 0. The molecule has 0 saturated heterocycles. The molecule has 0 spiro atoms. The van der Waals surface area contributed by atoms with Gasteiger partial charge in [0.05, 0.1) is 0 Å². The minimum absolute atomic E-state index is 0.615. The van der Waals surface area contributed by atoms with Crippen molar-refractivity contribution in [3.8, 4) is 0 Å². The van der Waals surface area contributed by atoms with Gasteiger partial charge in [-0.25, -0.2) is 0 Å². The van der Waals surface area contributed by atoms with Crippen molar-refractivity contribution < 1.29 is 0 Å². The quantitative estimate of drug-likeness (QED) is 0.463. The minimum atomic E-state index is 0.615. The number of nitrogens with two attached hydrogens (primary N) is 1. The molecular weight excluding hydrogens is 148 g/mol. The van der Waals surface area contributed by atoms with Crippen molar-refractivity contribution in [1.29, 1.82) is 0 Å². The highest BCUT2D eigenvalue weighted by molar-refractivity contribution is 4.85. The van der Waals surface area contributed by atoms with E-state index in [1.807, 2.05) is 0 Å². The molecule has 0 aliphatic heterocycles. The highest BCUT2D eigenvalue weighted by Gasteiger charge is 2.31. The van der Waals surface area contributed by atoms with Crippen LogP contribution in [0.3, 0.4) is 0 Å². The molecule has 2 rings (SSSR count). The summed E-state index contributed by atoms with van der Waals surface area (Å²) in [5.41, 5.74) is 2.94. The number of hydrogen-bond donors (Lipinski definition) is 2. The fourth-order valence-electron chi connectivity index (χ4n) is 3.02. The summed E-state index contributed by atoms with van der Waals surface area (Å²) in [5.74, 6) is 7.51. The summed E-state index contributed by atoms with van der Waals surface area (Å²) in [6.07, 6.45) is 9.93. The molecule has 3 N–H and O–H groups in total. The zero-order valence-electron chi connectivity index (χ0n) is 7.76. The van der Waals surface area contributed by atoms with E-state index in [0.29, 0.717) is 6.04 Å². The van der Waals surface area contributed by atoms with Gasteiger partial charge >= 0.3 is 0 Å². The third-order valence-electron chi connectivity index (χ3n) is 3.78. The third kappa shape index (κ3) is 1.64. The standard InChI is InChI=1S/C10H20N2/c11-12-10-6-5-8-3-1-2-4-9(8)7-10/h8-10,12H,1-7,11H2/t8-,9+,10+/m0/s1. The van der Waals surface area contributed by atoms with E-state index in [9.17, 15) is 0 Å². The van der Waals surface area contributed by atoms with E-state index in [-0.39, 0.29) is 0 Å². The molecular formula is C10H20N2. The molecule has 70 valence electrons. The monoisotopic (exact) mass is 168 g/mol. The first-order valence-electron chi connectivity index (χ1n) is 5.36. The Morgan fingerprint density at radius 2 is 1.67 bits per heavy atom. The van der Waals surface area contributed by atoms with E-state index in [0.717, 1.165) is 11.8 Å². The Kier molecular flexibility index (Phi) is 2.66. The van der Waals surface area contributed by atoms with Gasteiger partial charge in [-0.05, 0) is 31.1 Å². The number of rotatable bonds is 1. The molecule has 0 aromatic rings. The van der Waals surface area contributed by atoms with E-state index < -0.39 is 0 Å². The first-order chi connectivity index (χ1) is 5.90. The lowest BCUT2D eigenvalue weighted by molar-refractivity contribution is 0.144. The van der Waals surface area contributed by atoms with Crippen LogP contribution >= 0.6 is 0 Å². The number of hydrogen-bond acceptors (Lipinski definition) is 2. The third-order valence-corrected chi connectivity index (χ3v) is 3.78. The Labute approximate surface area is 74.9 Å².